The van der Waals surface area contributed by atoms with Crippen molar-refractivity contribution in [1.82, 2.24) is 4.98 Å². The van der Waals surface area contributed by atoms with Crippen molar-refractivity contribution in [3.05, 3.63) is 18.3 Å². The summed E-state index contributed by atoms with van der Waals surface area (Å²) in [5.74, 6) is 7.02. The quantitative estimate of drug-likeness (QED) is 0.692. The van der Waals surface area contributed by atoms with Crippen molar-refractivity contribution in [1.29, 1.82) is 0 Å². The van der Waals surface area contributed by atoms with Gasteiger partial charge in [-0.3, -0.25) is 0 Å². The van der Waals surface area contributed by atoms with Crippen LogP contribution in [0.5, 0.6) is 0 Å². The Labute approximate surface area is 169 Å². The van der Waals surface area contributed by atoms with Gasteiger partial charge in [-0.15, -0.1) is 0 Å². The van der Waals surface area contributed by atoms with E-state index in [9.17, 15) is 0 Å². The summed E-state index contributed by atoms with van der Waals surface area (Å²) < 4.78 is 0. The Balaban J connectivity index is 1.07. The largest absolute Gasteiger partial charge is 0.378 e. The fraction of sp³-hybridized carbons (Fsp3) is 0.800. The molecule has 3 heteroatoms. The van der Waals surface area contributed by atoms with Crippen molar-refractivity contribution >= 4 is 11.5 Å². The van der Waals surface area contributed by atoms with E-state index >= 15 is 0 Å². The lowest BCUT2D eigenvalue weighted by Gasteiger charge is -2.57. The van der Waals surface area contributed by atoms with E-state index in [-0.39, 0.29) is 0 Å². The first-order valence-electron chi connectivity index (χ1n) is 12.2. The van der Waals surface area contributed by atoms with Crippen LogP contribution in [0.1, 0.15) is 77.0 Å². The zero-order valence-corrected chi connectivity index (χ0v) is 17.1. The molecule has 1 aromatic rings. The highest BCUT2D eigenvalue weighted by molar-refractivity contribution is 5.50. The lowest BCUT2D eigenvalue weighted by Crippen LogP contribution is -2.55. The molecule has 0 unspecified atom stereocenters. The van der Waals surface area contributed by atoms with Gasteiger partial charge in [-0.05, 0) is 125 Å². The molecule has 8 aliphatic rings. The lowest BCUT2D eigenvalue weighted by atomic mass is 9.53. The van der Waals surface area contributed by atoms with Crippen molar-refractivity contribution in [2.24, 2.45) is 35.5 Å². The summed E-state index contributed by atoms with van der Waals surface area (Å²) in [5, 5.41) is 7.92. The van der Waals surface area contributed by atoms with Gasteiger partial charge in [-0.25, -0.2) is 4.98 Å². The molecule has 0 radical (unpaired) electrons. The maximum atomic E-state index is 4.88. The van der Waals surface area contributed by atoms with Crippen LogP contribution in [0.25, 0.3) is 0 Å². The summed E-state index contributed by atoms with van der Waals surface area (Å²) in [5.41, 5.74) is 1.99. The molecule has 0 atom stereocenters. The van der Waals surface area contributed by atoms with Crippen LogP contribution < -0.4 is 10.6 Å². The van der Waals surface area contributed by atoms with Gasteiger partial charge in [0.1, 0.15) is 5.82 Å². The van der Waals surface area contributed by atoms with Gasteiger partial charge < -0.3 is 10.6 Å². The molecule has 0 spiro atoms. The van der Waals surface area contributed by atoms with Gasteiger partial charge in [0.15, 0.2) is 0 Å². The first kappa shape index (κ1) is 16.5. The SMILES string of the molecule is c1cc(NC23CC4CC(CC(C4)C2)C3)ncc1NC12CC3CC(CC(C3)C1)C2. The Morgan fingerprint density at radius 2 is 1.04 bits per heavy atom. The monoisotopic (exact) mass is 377 g/mol. The first-order chi connectivity index (χ1) is 13.6. The third-order valence-corrected chi connectivity index (χ3v) is 9.64. The van der Waals surface area contributed by atoms with Crippen LogP contribution in [0.4, 0.5) is 11.5 Å². The van der Waals surface area contributed by atoms with E-state index in [1.165, 1.54) is 82.7 Å². The zero-order valence-electron chi connectivity index (χ0n) is 17.1. The van der Waals surface area contributed by atoms with E-state index in [1.807, 2.05) is 0 Å². The molecule has 0 aliphatic heterocycles. The molecule has 28 heavy (non-hydrogen) atoms. The van der Waals surface area contributed by atoms with Gasteiger partial charge >= 0.3 is 0 Å². The van der Waals surface area contributed by atoms with Gasteiger partial charge in [0.2, 0.25) is 0 Å². The fourth-order valence-corrected chi connectivity index (χ4v) is 9.65. The Kier molecular flexibility index (Phi) is 3.35. The summed E-state index contributed by atoms with van der Waals surface area (Å²) >= 11 is 0. The Bertz CT molecular complexity index is 631. The smallest absolute Gasteiger partial charge is 0.126 e. The summed E-state index contributed by atoms with van der Waals surface area (Å²) in [4.78, 5) is 4.88. The average molecular weight is 378 g/mol. The molecule has 2 N–H and O–H groups in total. The minimum atomic E-state index is 0.358. The number of aromatic nitrogens is 1. The third-order valence-electron chi connectivity index (χ3n) is 9.64. The predicted octanol–water partition coefficient (Wildman–Crippen LogP) is 5.84. The summed E-state index contributed by atoms with van der Waals surface area (Å²) in [6.07, 6.45) is 19.5. The van der Waals surface area contributed by atoms with Crippen LogP contribution in [-0.2, 0) is 0 Å². The fourth-order valence-electron chi connectivity index (χ4n) is 9.65. The molecule has 0 saturated heterocycles. The van der Waals surface area contributed by atoms with Crippen LogP contribution in [0, 0.1) is 35.5 Å². The van der Waals surface area contributed by atoms with E-state index in [1.54, 1.807) is 0 Å². The van der Waals surface area contributed by atoms with Gasteiger partial charge in [-0.2, -0.15) is 0 Å². The first-order valence-corrected chi connectivity index (χ1v) is 12.2. The minimum Gasteiger partial charge on any atom is -0.378 e. The second-order valence-corrected chi connectivity index (χ2v) is 12.1. The maximum Gasteiger partial charge on any atom is 0.126 e. The van der Waals surface area contributed by atoms with Crippen LogP contribution in [0.3, 0.4) is 0 Å². The van der Waals surface area contributed by atoms with Gasteiger partial charge in [-0.1, -0.05) is 0 Å². The molecule has 0 amide bonds. The second kappa shape index (κ2) is 5.67. The van der Waals surface area contributed by atoms with Gasteiger partial charge in [0.25, 0.3) is 0 Å². The van der Waals surface area contributed by atoms with Crippen molar-refractivity contribution in [2.75, 3.05) is 10.6 Å². The number of nitrogens with one attached hydrogen (secondary N) is 2. The van der Waals surface area contributed by atoms with E-state index in [4.69, 9.17) is 4.98 Å². The standard InChI is InChI=1S/C25H35N3/c1-2-23(28-25-12-19-6-20(13-25)8-21(7-19)14-25)26-15-22(1)27-24-9-16-3-17(10-24)5-18(4-16)11-24/h1-2,15-21,27H,3-14H2,(H,26,28). The molecule has 150 valence electrons. The Hall–Kier alpha value is -1.25. The van der Waals surface area contributed by atoms with Crippen LogP contribution >= 0.6 is 0 Å². The summed E-state index contributed by atoms with van der Waals surface area (Å²) in [6.45, 7) is 0. The minimum absolute atomic E-state index is 0.358. The normalized spacial score (nSPS) is 50.1. The number of hydrogen-bond donors (Lipinski definition) is 2. The molecule has 1 aromatic heterocycles. The number of rotatable bonds is 4. The molecule has 8 fully saturated rings. The predicted molar refractivity (Wildman–Crippen MR) is 113 cm³/mol. The topological polar surface area (TPSA) is 37.0 Å². The molecule has 1 heterocycles. The van der Waals surface area contributed by atoms with Crippen LogP contribution in [0.15, 0.2) is 18.3 Å². The number of anilines is 2. The second-order valence-electron chi connectivity index (χ2n) is 12.1. The van der Waals surface area contributed by atoms with Crippen molar-refractivity contribution < 1.29 is 0 Å². The highest BCUT2D eigenvalue weighted by atomic mass is 15.1. The van der Waals surface area contributed by atoms with E-state index < -0.39 is 0 Å². The summed E-state index contributed by atoms with van der Waals surface area (Å²) in [6, 6.07) is 4.55. The van der Waals surface area contributed by atoms with Crippen LogP contribution in [-0.4, -0.2) is 16.1 Å². The highest BCUT2D eigenvalue weighted by Gasteiger charge is 2.52. The molecular weight excluding hydrogens is 342 g/mol. The molecule has 3 nitrogen and oxygen atoms in total. The van der Waals surface area contributed by atoms with Gasteiger partial charge in [0.05, 0.1) is 11.9 Å². The molecule has 8 saturated carbocycles. The molecular formula is C25H35N3. The Morgan fingerprint density at radius 1 is 0.607 bits per heavy atom. The van der Waals surface area contributed by atoms with E-state index in [0.717, 1.165) is 41.3 Å². The maximum absolute atomic E-state index is 4.88. The zero-order chi connectivity index (χ0) is 18.3. The summed E-state index contributed by atoms with van der Waals surface area (Å²) in [7, 11) is 0. The molecule has 9 rings (SSSR count). The van der Waals surface area contributed by atoms with Crippen molar-refractivity contribution in [2.45, 2.75) is 88.1 Å². The van der Waals surface area contributed by atoms with E-state index in [0.29, 0.717) is 11.1 Å². The number of pyridine rings is 1. The van der Waals surface area contributed by atoms with E-state index in [2.05, 4.69) is 29.0 Å². The molecule has 8 aliphatic carbocycles. The third kappa shape index (κ3) is 2.64. The number of nitrogens with zero attached hydrogens (tertiary/aromatic N) is 1. The van der Waals surface area contributed by atoms with Crippen molar-refractivity contribution in [3.63, 3.8) is 0 Å². The highest BCUT2D eigenvalue weighted by Crippen LogP contribution is 2.57. The Morgan fingerprint density at radius 3 is 1.43 bits per heavy atom. The molecule has 0 aromatic carbocycles. The number of hydrogen-bond acceptors (Lipinski definition) is 3. The van der Waals surface area contributed by atoms with Crippen LogP contribution in [0.2, 0.25) is 0 Å². The van der Waals surface area contributed by atoms with Gasteiger partial charge in [0, 0.05) is 11.1 Å². The average Bonchev–Trinajstić information content (AvgIpc) is 2.60. The van der Waals surface area contributed by atoms with Crippen molar-refractivity contribution in [3.8, 4) is 0 Å². The molecule has 8 bridgehead atoms. The lowest BCUT2D eigenvalue weighted by molar-refractivity contribution is 0.0103.